The summed E-state index contributed by atoms with van der Waals surface area (Å²) in [7, 11) is 0. The third-order valence-electron chi connectivity index (χ3n) is 9.39. The van der Waals surface area contributed by atoms with Crippen molar-refractivity contribution in [1.29, 1.82) is 0 Å². The molecule has 0 aromatic heterocycles. The van der Waals surface area contributed by atoms with Gasteiger partial charge in [0.15, 0.2) is 0 Å². The van der Waals surface area contributed by atoms with Crippen molar-refractivity contribution in [3.8, 4) is 0 Å². The summed E-state index contributed by atoms with van der Waals surface area (Å²) in [5.41, 5.74) is 2.76. The number of rotatable bonds is 5. The highest BCUT2D eigenvalue weighted by Crippen LogP contribution is 2.60. The van der Waals surface area contributed by atoms with Crippen LogP contribution in [-0.2, 0) is 4.74 Å². The predicted molar refractivity (Wildman–Crippen MR) is 125 cm³/mol. The average molecular weight is 415 g/mol. The zero-order valence-electron chi connectivity index (χ0n) is 20.7. The minimum absolute atomic E-state index is 0.248. The summed E-state index contributed by atoms with van der Waals surface area (Å²) in [5, 5.41) is 0. The zero-order valence-corrected chi connectivity index (χ0v) is 20.7. The Morgan fingerprint density at radius 1 is 1.13 bits per heavy atom. The Bertz CT molecular complexity index is 696. The van der Waals surface area contributed by atoms with Crippen LogP contribution in [0.1, 0.15) is 74.1 Å². The largest absolute Gasteiger partial charge is 0.377 e. The van der Waals surface area contributed by atoms with Crippen LogP contribution in [0.3, 0.4) is 0 Å². The first-order valence-corrected chi connectivity index (χ1v) is 12.8. The van der Waals surface area contributed by atoms with E-state index in [9.17, 15) is 0 Å². The van der Waals surface area contributed by atoms with Crippen molar-refractivity contribution in [3.05, 3.63) is 11.6 Å². The quantitative estimate of drug-likeness (QED) is 0.574. The molecule has 0 spiro atoms. The maximum Gasteiger partial charge on any atom is 0.0650 e. The van der Waals surface area contributed by atoms with Crippen molar-refractivity contribution < 1.29 is 4.74 Å². The first-order valence-electron chi connectivity index (χ1n) is 12.8. The van der Waals surface area contributed by atoms with Gasteiger partial charge >= 0.3 is 0 Å². The molecular formula is C27H46N2O. The van der Waals surface area contributed by atoms with E-state index < -0.39 is 0 Å². The second-order valence-electron chi connectivity index (χ2n) is 13.6. The van der Waals surface area contributed by atoms with Crippen LogP contribution in [0.25, 0.3) is 0 Å². The van der Waals surface area contributed by atoms with Crippen molar-refractivity contribution in [2.24, 2.45) is 34.5 Å². The first kappa shape index (κ1) is 21.5. The number of fused-ring (bicyclic) bond motifs is 3. The highest BCUT2D eigenvalue weighted by atomic mass is 16.5. The lowest BCUT2D eigenvalue weighted by atomic mass is 9.54. The molecule has 4 aliphatic heterocycles. The lowest BCUT2D eigenvalue weighted by Gasteiger charge is -2.61. The maximum absolute atomic E-state index is 6.06. The first-order chi connectivity index (χ1) is 14.0. The Hall–Kier alpha value is -0.380. The van der Waals surface area contributed by atoms with Gasteiger partial charge < -0.3 is 9.64 Å². The molecule has 6 aliphatic rings. The fourth-order valence-electron chi connectivity index (χ4n) is 8.26. The number of likely N-dealkylation sites (tertiary alicyclic amines) is 1. The monoisotopic (exact) mass is 414 g/mol. The molecule has 6 rings (SSSR count). The van der Waals surface area contributed by atoms with Gasteiger partial charge in [-0.1, -0.05) is 32.4 Å². The molecule has 0 aromatic carbocycles. The van der Waals surface area contributed by atoms with E-state index in [1.165, 1.54) is 45.3 Å². The Labute approximate surface area is 185 Å². The lowest BCUT2D eigenvalue weighted by molar-refractivity contribution is -0.108. The van der Waals surface area contributed by atoms with Crippen LogP contribution in [0.5, 0.6) is 0 Å². The van der Waals surface area contributed by atoms with Gasteiger partial charge in [-0.05, 0) is 82.0 Å². The molecule has 0 aromatic rings. The van der Waals surface area contributed by atoms with Gasteiger partial charge in [-0.15, -0.1) is 0 Å². The molecule has 2 bridgehead atoms. The van der Waals surface area contributed by atoms with Gasteiger partial charge in [-0.3, -0.25) is 4.90 Å². The molecule has 170 valence electrons. The van der Waals surface area contributed by atoms with Gasteiger partial charge in [-0.25, -0.2) is 0 Å². The van der Waals surface area contributed by atoms with Gasteiger partial charge in [0.1, 0.15) is 0 Å². The van der Waals surface area contributed by atoms with E-state index in [0.29, 0.717) is 23.4 Å². The topological polar surface area (TPSA) is 15.7 Å². The molecule has 4 heterocycles. The fraction of sp³-hybridized carbons (Fsp3) is 0.926. The number of ether oxygens (including phenoxy) is 1. The Kier molecular flexibility index (Phi) is 5.05. The summed E-state index contributed by atoms with van der Waals surface area (Å²) in [5.74, 6) is 3.40. The molecule has 3 saturated heterocycles. The van der Waals surface area contributed by atoms with Gasteiger partial charge in [-0.2, -0.15) is 0 Å². The highest BCUT2D eigenvalue weighted by molar-refractivity contribution is 5.24. The van der Waals surface area contributed by atoms with Crippen molar-refractivity contribution in [2.75, 3.05) is 32.8 Å². The fourth-order valence-corrected chi connectivity index (χ4v) is 8.26. The van der Waals surface area contributed by atoms with Gasteiger partial charge in [0, 0.05) is 43.2 Å². The summed E-state index contributed by atoms with van der Waals surface area (Å²) < 4.78 is 6.06. The summed E-state index contributed by atoms with van der Waals surface area (Å²) in [6.07, 6.45) is 8.21. The standard InChI is InChI=1S/C27H46N2O/c1-18(2)28-13-19-11-27(12-19,17-28)16-26(6,7)29-14-20-10-21(20)24(29)22-15-30-9-8-23(22)25(3,4)5/h8,18-22,24H,9-17H2,1-7H3. The van der Waals surface area contributed by atoms with E-state index in [-0.39, 0.29) is 11.0 Å². The summed E-state index contributed by atoms with van der Waals surface area (Å²) in [6, 6.07) is 1.38. The average Bonchev–Trinajstić information content (AvgIpc) is 3.29. The van der Waals surface area contributed by atoms with Crippen LogP contribution in [0.4, 0.5) is 0 Å². The molecule has 5 fully saturated rings. The summed E-state index contributed by atoms with van der Waals surface area (Å²) in [4.78, 5) is 5.74. The van der Waals surface area contributed by atoms with Crippen molar-refractivity contribution in [2.45, 2.75) is 91.8 Å². The maximum atomic E-state index is 6.06. The van der Waals surface area contributed by atoms with Crippen LogP contribution < -0.4 is 0 Å². The molecule has 30 heavy (non-hydrogen) atoms. The molecule has 4 atom stereocenters. The van der Waals surface area contributed by atoms with Crippen LogP contribution >= 0.6 is 0 Å². The normalized spacial score (nSPS) is 42.1. The number of nitrogens with zero attached hydrogens (tertiary/aromatic N) is 2. The SMILES string of the molecule is CC(C)N1CC2CC(CC(C)(C)N3CC4CC4C3C3COCC=C3C(C)(C)C)(C2)C1. The van der Waals surface area contributed by atoms with E-state index in [1.54, 1.807) is 5.57 Å². The van der Waals surface area contributed by atoms with Gasteiger partial charge in [0.25, 0.3) is 0 Å². The van der Waals surface area contributed by atoms with E-state index in [2.05, 4.69) is 64.3 Å². The Morgan fingerprint density at radius 3 is 2.53 bits per heavy atom. The number of hydrogen-bond acceptors (Lipinski definition) is 3. The van der Waals surface area contributed by atoms with Crippen LogP contribution in [-0.4, -0.2) is 60.3 Å². The summed E-state index contributed by atoms with van der Waals surface area (Å²) >= 11 is 0. The lowest BCUT2D eigenvalue weighted by Crippen LogP contribution is -2.62. The Balaban J connectivity index is 1.36. The van der Waals surface area contributed by atoms with Crippen LogP contribution in [0, 0.1) is 34.5 Å². The van der Waals surface area contributed by atoms with Crippen LogP contribution in [0.2, 0.25) is 0 Å². The van der Waals surface area contributed by atoms with E-state index in [4.69, 9.17) is 4.74 Å². The van der Waals surface area contributed by atoms with E-state index in [1.807, 2.05) is 0 Å². The van der Waals surface area contributed by atoms with Crippen LogP contribution in [0.15, 0.2) is 11.6 Å². The minimum Gasteiger partial charge on any atom is -0.377 e. The van der Waals surface area contributed by atoms with Crippen molar-refractivity contribution in [1.82, 2.24) is 9.80 Å². The zero-order chi connectivity index (χ0) is 21.5. The molecule has 0 N–H and O–H groups in total. The summed E-state index contributed by atoms with van der Waals surface area (Å²) in [6.45, 7) is 22.9. The second kappa shape index (κ2) is 7.06. The van der Waals surface area contributed by atoms with E-state index in [0.717, 1.165) is 31.0 Å². The third kappa shape index (κ3) is 3.61. The van der Waals surface area contributed by atoms with E-state index >= 15 is 0 Å². The molecular weight excluding hydrogens is 368 g/mol. The minimum atomic E-state index is 0.248. The highest BCUT2D eigenvalue weighted by Gasteiger charge is 2.61. The Morgan fingerprint density at radius 2 is 1.87 bits per heavy atom. The molecule has 4 unspecified atom stereocenters. The molecule has 0 amide bonds. The molecule has 2 aliphatic carbocycles. The number of hydrogen-bond donors (Lipinski definition) is 0. The smallest absolute Gasteiger partial charge is 0.0650 e. The van der Waals surface area contributed by atoms with Crippen molar-refractivity contribution >= 4 is 0 Å². The molecule has 3 heteroatoms. The number of piperidine rings is 3. The molecule has 3 nitrogen and oxygen atoms in total. The van der Waals surface area contributed by atoms with Gasteiger partial charge in [0.2, 0.25) is 0 Å². The second-order valence-corrected chi connectivity index (χ2v) is 13.6. The predicted octanol–water partition coefficient (Wildman–Crippen LogP) is 5.21. The molecule has 2 saturated carbocycles. The molecule has 0 radical (unpaired) electrons. The third-order valence-corrected chi connectivity index (χ3v) is 9.39. The van der Waals surface area contributed by atoms with Crippen molar-refractivity contribution in [3.63, 3.8) is 0 Å². The van der Waals surface area contributed by atoms with Gasteiger partial charge in [0.05, 0.1) is 13.2 Å².